The number of benzene rings is 3. The molecule has 0 fully saturated rings. The van der Waals surface area contributed by atoms with Crippen LogP contribution >= 0.6 is 0 Å². The summed E-state index contributed by atoms with van der Waals surface area (Å²) in [6.07, 6.45) is 3.34. The molecule has 4 aromatic rings. The molecule has 0 aliphatic carbocycles. The number of alkyl halides is 2. The molecular formula is C34H35F4N3O2. The summed E-state index contributed by atoms with van der Waals surface area (Å²) >= 11 is 0. The van der Waals surface area contributed by atoms with Crippen LogP contribution in [-0.4, -0.2) is 34.9 Å². The van der Waals surface area contributed by atoms with Crippen LogP contribution in [0.2, 0.25) is 0 Å². The highest BCUT2D eigenvalue weighted by Crippen LogP contribution is 2.44. The van der Waals surface area contributed by atoms with Crippen molar-refractivity contribution >= 4 is 28.1 Å². The Morgan fingerprint density at radius 3 is 2.49 bits per heavy atom. The van der Waals surface area contributed by atoms with Gasteiger partial charge in [-0.05, 0) is 80.5 Å². The van der Waals surface area contributed by atoms with Crippen LogP contribution in [0.4, 0.5) is 23.2 Å². The largest absolute Gasteiger partial charge is 0.484 e. The number of rotatable bonds is 4. The van der Waals surface area contributed by atoms with Crippen molar-refractivity contribution in [2.75, 3.05) is 19.0 Å². The normalized spacial score (nSPS) is 15.6. The molecule has 226 valence electrons. The van der Waals surface area contributed by atoms with Crippen LogP contribution in [0.1, 0.15) is 65.5 Å². The predicted octanol–water partition coefficient (Wildman–Crippen LogP) is 8.59. The molecule has 1 aromatic heterocycles. The number of anilines is 1. The average Bonchev–Trinajstić information content (AvgIpc) is 3.24. The van der Waals surface area contributed by atoms with E-state index in [4.69, 9.17) is 4.74 Å². The van der Waals surface area contributed by atoms with Gasteiger partial charge in [-0.25, -0.2) is 22.5 Å². The van der Waals surface area contributed by atoms with Gasteiger partial charge in [-0.3, -0.25) is 4.79 Å². The maximum absolute atomic E-state index is 14.9. The smallest absolute Gasteiger partial charge is 0.281 e. The molecule has 0 atom stereocenters. The van der Waals surface area contributed by atoms with E-state index >= 15 is 0 Å². The topological polar surface area (TPSA) is 56.1 Å². The Labute approximate surface area is 248 Å². The molecular weight excluding hydrogens is 558 g/mol. The molecule has 0 amide bonds. The van der Waals surface area contributed by atoms with Gasteiger partial charge in [0, 0.05) is 37.2 Å². The SMILES string of the molecule is C/C=C(/C(=O)c1cc(F)c(NC)c(F)c1)c1cccc2c1CCCCCC(F)(F)COc1c-2c(C)cc2c1nc(C)n2C. The maximum atomic E-state index is 14.9. The van der Waals surface area contributed by atoms with Crippen molar-refractivity contribution in [2.24, 2.45) is 7.05 Å². The number of carbonyl (C=O) groups excluding carboxylic acids is 1. The first-order valence-electron chi connectivity index (χ1n) is 14.4. The monoisotopic (exact) mass is 593 g/mol. The molecule has 5 nitrogen and oxygen atoms in total. The number of halogens is 4. The maximum Gasteiger partial charge on any atom is 0.281 e. The highest BCUT2D eigenvalue weighted by atomic mass is 19.3. The fraction of sp³-hybridized carbons (Fsp3) is 0.353. The molecule has 3 aromatic carbocycles. The number of hydrogen-bond donors (Lipinski definition) is 1. The molecule has 0 radical (unpaired) electrons. The Morgan fingerprint density at radius 2 is 1.81 bits per heavy atom. The second-order valence-electron chi connectivity index (χ2n) is 11.1. The summed E-state index contributed by atoms with van der Waals surface area (Å²) in [4.78, 5) is 18.5. The van der Waals surface area contributed by atoms with Gasteiger partial charge < -0.3 is 14.6 Å². The number of aromatic nitrogens is 2. The van der Waals surface area contributed by atoms with Gasteiger partial charge in [0.1, 0.15) is 28.7 Å². The van der Waals surface area contributed by atoms with Gasteiger partial charge in [0.15, 0.2) is 18.1 Å². The highest BCUT2D eigenvalue weighted by molar-refractivity contribution is 6.29. The summed E-state index contributed by atoms with van der Waals surface area (Å²) in [7, 11) is 3.27. The van der Waals surface area contributed by atoms with Crippen LogP contribution in [0.25, 0.3) is 27.7 Å². The minimum Gasteiger partial charge on any atom is -0.484 e. The van der Waals surface area contributed by atoms with E-state index in [1.54, 1.807) is 19.1 Å². The summed E-state index contributed by atoms with van der Waals surface area (Å²) in [6.45, 7) is 4.68. The van der Waals surface area contributed by atoms with E-state index in [-0.39, 0.29) is 23.4 Å². The quantitative estimate of drug-likeness (QED) is 0.146. The van der Waals surface area contributed by atoms with Crippen molar-refractivity contribution in [3.63, 3.8) is 0 Å². The van der Waals surface area contributed by atoms with Gasteiger partial charge in [-0.2, -0.15) is 0 Å². The van der Waals surface area contributed by atoms with Crippen molar-refractivity contribution in [1.29, 1.82) is 0 Å². The number of aryl methyl sites for hydroxylation is 3. The van der Waals surface area contributed by atoms with Gasteiger partial charge in [0.2, 0.25) is 0 Å². The lowest BCUT2D eigenvalue weighted by atomic mass is 9.84. The first-order chi connectivity index (χ1) is 20.5. The van der Waals surface area contributed by atoms with Crippen molar-refractivity contribution in [3.05, 3.63) is 82.2 Å². The third-order valence-electron chi connectivity index (χ3n) is 8.27. The molecule has 0 saturated carbocycles. The number of carbonyl (C=O) groups is 1. The third kappa shape index (κ3) is 5.65. The lowest BCUT2D eigenvalue weighted by Gasteiger charge is -2.24. The number of ether oxygens (including phenoxy) is 1. The average molecular weight is 594 g/mol. The van der Waals surface area contributed by atoms with Crippen LogP contribution in [0, 0.1) is 25.5 Å². The van der Waals surface area contributed by atoms with Crippen molar-refractivity contribution in [1.82, 2.24) is 9.55 Å². The number of ketones is 1. The number of allylic oxidation sites excluding steroid dienone is 2. The number of nitrogens with one attached hydrogen (secondary N) is 1. The van der Waals surface area contributed by atoms with Gasteiger partial charge in [0.25, 0.3) is 5.92 Å². The standard InChI is InChI=1S/C34H35F4N3O2/c1-6-22(32(42)21-16-26(35)30(39-4)27(36)17-21)23-12-10-13-25-24(23)11-8-7-9-14-34(37,38)18-43-33-29(25)19(2)15-28-31(33)40-20(3)41(28)5/h6,10,12-13,15-17,39H,7-9,11,14,18H2,1-5H3/b22-6+. The molecule has 1 aliphatic heterocycles. The van der Waals surface area contributed by atoms with E-state index in [1.165, 1.54) is 7.05 Å². The number of imidazole rings is 1. The van der Waals surface area contributed by atoms with Gasteiger partial charge in [0.05, 0.1) is 5.52 Å². The Bertz CT molecular complexity index is 1730. The molecule has 0 unspecified atom stereocenters. The number of Topliss-reactive ketones (excluding diaryl/α,β-unsaturated/α-hetero) is 1. The van der Waals surface area contributed by atoms with E-state index in [1.807, 2.05) is 43.7 Å². The molecule has 1 N–H and O–H groups in total. The minimum absolute atomic E-state index is 0.110. The molecule has 5 rings (SSSR count). The fourth-order valence-corrected chi connectivity index (χ4v) is 5.97. The fourth-order valence-electron chi connectivity index (χ4n) is 5.97. The Balaban J connectivity index is 1.74. The molecule has 43 heavy (non-hydrogen) atoms. The first kappa shape index (κ1) is 30.3. The van der Waals surface area contributed by atoms with Gasteiger partial charge in [-0.1, -0.05) is 30.7 Å². The second kappa shape index (κ2) is 11.9. The molecule has 9 heteroatoms. The van der Waals surface area contributed by atoms with E-state index in [0.29, 0.717) is 53.7 Å². The van der Waals surface area contributed by atoms with Crippen molar-refractivity contribution in [3.8, 4) is 16.9 Å². The third-order valence-corrected chi connectivity index (χ3v) is 8.27. The van der Waals surface area contributed by atoms with Crippen LogP contribution in [0.3, 0.4) is 0 Å². The molecule has 0 spiro atoms. The van der Waals surface area contributed by atoms with E-state index < -0.39 is 29.9 Å². The van der Waals surface area contributed by atoms with Crippen LogP contribution in [0.15, 0.2) is 42.5 Å². The summed E-state index contributed by atoms with van der Waals surface area (Å²) in [5.74, 6) is -4.26. The van der Waals surface area contributed by atoms with Gasteiger partial charge >= 0.3 is 0 Å². The summed E-state index contributed by atoms with van der Waals surface area (Å²) in [5.41, 5.74) is 4.77. The minimum atomic E-state index is -3.00. The van der Waals surface area contributed by atoms with E-state index in [9.17, 15) is 22.4 Å². The number of fused-ring (bicyclic) bond motifs is 5. The number of hydrogen-bond acceptors (Lipinski definition) is 4. The van der Waals surface area contributed by atoms with E-state index in [2.05, 4.69) is 10.3 Å². The van der Waals surface area contributed by atoms with Crippen LogP contribution < -0.4 is 10.1 Å². The van der Waals surface area contributed by atoms with Crippen LogP contribution in [-0.2, 0) is 13.5 Å². The molecule has 0 saturated heterocycles. The lowest BCUT2D eigenvalue weighted by molar-refractivity contribution is -0.0489. The molecule has 1 aliphatic rings. The second-order valence-corrected chi connectivity index (χ2v) is 11.1. The lowest BCUT2D eigenvalue weighted by Crippen LogP contribution is -2.26. The summed E-state index contributed by atoms with van der Waals surface area (Å²) in [5, 5.41) is 2.47. The Kier molecular flexibility index (Phi) is 8.36. The summed E-state index contributed by atoms with van der Waals surface area (Å²) < 4.78 is 66.9. The van der Waals surface area contributed by atoms with Crippen molar-refractivity contribution < 1.29 is 27.1 Å². The highest BCUT2D eigenvalue weighted by Gasteiger charge is 2.32. The number of nitrogens with zero attached hydrogens (tertiary/aromatic N) is 2. The zero-order valence-electron chi connectivity index (χ0n) is 25.0. The Hall–Kier alpha value is -4.14. The van der Waals surface area contributed by atoms with E-state index in [0.717, 1.165) is 34.3 Å². The van der Waals surface area contributed by atoms with Crippen molar-refractivity contribution in [2.45, 2.75) is 58.8 Å². The zero-order valence-corrected chi connectivity index (χ0v) is 25.0. The Morgan fingerprint density at radius 1 is 1.09 bits per heavy atom. The zero-order chi connectivity index (χ0) is 31.1. The summed E-state index contributed by atoms with van der Waals surface area (Å²) in [6, 6.07) is 9.55. The van der Waals surface area contributed by atoms with Gasteiger partial charge in [-0.15, -0.1) is 0 Å². The predicted molar refractivity (Wildman–Crippen MR) is 162 cm³/mol. The van der Waals surface area contributed by atoms with Crippen LogP contribution in [0.5, 0.6) is 5.75 Å². The molecule has 2 heterocycles. The first-order valence-corrected chi connectivity index (χ1v) is 14.4. The molecule has 0 bridgehead atoms.